The first kappa shape index (κ1) is 16.4. The van der Waals surface area contributed by atoms with Crippen molar-refractivity contribution in [3.63, 3.8) is 0 Å². The summed E-state index contributed by atoms with van der Waals surface area (Å²) in [6.07, 6.45) is 1.20. The zero-order valence-electron chi connectivity index (χ0n) is 13.6. The lowest BCUT2D eigenvalue weighted by Crippen LogP contribution is -2.25. The molecule has 1 aliphatic rings. The van der Waals surface area contributed by atoms with Gasteiger partial charge < -0.3 is 25.4 Å². The van der Waals surface area contributed by atoms with E-state index >= 15 is 0 Å². The van der Waals surface area contributed by atoms with Gasteiger partial charge in [-0.2, -0.15) is 0 Å². The molecular weight excluding hydrogens is 280 g/mol. The molecule has 22 heavy (non-hydrogen) atoms. The van der Waals surface area contributed by atoms with E-state index in [2.05, 4.69) is 22.1 Å². The molecule has 0 aromatic heterocycles. The van der Waals surface area contributed by atoms with Gasteiger partial charge in [-0.05, 0) is 37.6 Å². The van der Waals surface area contributed by atoms with Crippen molar-refractivity contribution in [3.8, 4) is 11.5 Å². The van der Waals surface area contributed by atoms with E-state index in [1.807, 2.05) is 18.2 Å². The summed E-state index contributed by atoms with van der Waals surface area (Å²) in [4.78, 5) is 6.90. The Hall–Kier alpha value is -1.95. The lowest BCUT2D eigenvalue weighted by Gasteiger charge is -2.13. The van der Waals surface area contributed by atoms with Gasteiger partial charge in [-0.3, -0.25) is 4.99 Å². The molecule has 1 unspecified atom stereocenters. The predicted octanol–water partition coefficient (Wildman–Crippen LogP) is 1.77. The predicted molar refractivity (Wildman–Crippen MR) is 89.9 cm³/mol. The molecule has 3 N–H and O–H groups in total. The molecule has 122 valence electrons. The zero-order valence-corrected chi connectivity index (χ0v) is 13.6. The number of anilines is 1. The highest BCUT2D eigenvalue weighted by atomic mass is 16.5. The minimum Gasteiger partial charge on any atom is -0.493 e. The highest BCUT2D eigenvalue weighted by molar-refractivity contribution is 5.92. The highest BCUT2D eigenvalue weighted by Crippen LogP contribution is 2.29. The Morgan fingerprint density at radius 2 is 2.14 bits per heavy atom. The topological polar surface area (TPSA) is 72.1 Å². The lowest BCUT2D eigenvalue weighted by molar-refractivity contribution is 0.344. The van der Waals surface area contributed by atoms with Crippen LogP contribution < -0.4 is 20.5 Å². The Balaban J connectivity index is 1.91. The number of guanidine groups is 1. The smallest absolute Gasteiger partial charge is 0.193 e. The van der Waals surface area contributed by atoms with Gasteiger partial charge in [0.05, 0.1) is 14.2 Å². The monoisotopic (exact) mass is 306 g/mol. The molecule has 0 aliphatic carbocycles. The molecule has 1 aromatic rings. The van der Waals surface area contributed by atoms with Crippen LogP contribution in [0.15, 0.2) is 23.2 Å². The molecule has 0 amide bonds. The van der Waals surface area contributed by atoms with Crippen molar-refractivity contribution in [1.29, 1.82) is 0 Å². The van der Waals surface area contributed by atoms with E-state index in [1.165, 1.54) is 13.0 Å². The van der Waals surface area contributed by atoms with Crippen LogP contribution in [0.3, 0.4) is 0 Å². The molecule has 6 heteroatoms. The Morgan fingerprint density at radius 3 is 2.77 bits per heavy atom. The van der Waals surface area contributed by atoms with Crippen LogP contribution in [-0.2, 0) is 0 Å². The Bertz CT molecular complexity index is 519. The second kappa shape index (κ2) is 7.89. The summed E-state index contributed by atoms with van der Waals surface area (Å²) in [7, 11) is 3.22. The van der Waals surface area contributed by atoms with Crippen LogP contribution in [-0.4, -0.2) is 51.3 Å². The van der Waals surface area contributed by atoms with Crippen LogP contribution >= 0.6 is 0 Å². The number of rotatable bonds is 6. The average molecular weight is 306 g/mol. The number of benzene rings is 1. The van der Waals surface area contributed by atoms with Crippen molar-refractivity contribution >= 4 is 11.6 Å². The van der Waals surface area contributed by atoms with Crippen molar-refractivity contribution in [2.45, 2.75) is 13.3 Å². The van der Waals surface area contributed by atoms with E-state index in [0.717, 1.165) is 25.3 Å². The molecule has 1 aromatic carbocycles. The molecule has 1 heterocycles. The summed E-state index contributed by atoms with van der Waals surface area (Å²) in [5.74, 6) is 2.39. The summed E-state index contributed by atoms with van der Waals surface area (Å²) >= 11 is 0. The number of aliphatic imine (C=N–C) groups is 1. The first-order chi connectivity index (χ1) is 10.7. The maximum absolute atomic E-state index is 5.97. The quantitative estimate of drug-likeness (QED) is 0.619. The number of hydrogen-bond acceptors (Lipinski definition) is 4. The molecule has 0 saturated carbocycles. The normalized spacial score (nSPS) is 19.2. The SMILES string of the molecule is CCN1CCC(CN=C(N)Nc2ccc(OC)c(OC)c2)C1. The Kier molecular flexibility index (Phi) is 5.89. The van der Waals surface area contributed by atoms with Crippen LogP contribution in [0, 0.1) is 5.92 Å². The summed E-state index contributed by atoms with van der Waals surface area (Å²) in [5.41, 5.74) is 6.80. The lowest BCUT2D eigenvalue weighted by atomic mass is 10.1. The minimum atomic E-state index is 0.433. The minimum absolute atomic E-state index is 0.433. The molecule has 1 saturated heterocycles. The van der Waals surface area contributed by atoms with Crippen LogP contribution in [0.4, 0.5) is 5.69 Å². The van der Waals surface area contributed by atoms with E-state index in [1.54, 1.807) is 14.2 Å². The van der Waals surface area contributed by atoms with Crippen molar-refractivity contribution in [2.24, 2.45) is 16.6 Å². The fourth-order valence-corrected chi connectivity index (χ4v) is 2.68. The standard InChI is InChI=1S/C16H26N4O2/c1-4-20-8-7-12(11-20)10-18-16(17)19-13-5-6-14(21-2)15(9-13)22-3/h5-6,9,12H,4,7-8,10-11H2,1-3H3,(H3,17,18,19). The number of methoxy groups -OCH3 is 2. The fourth-order valence-electron chi connectivity index (χ4n) is 2.68. The van der Waals surface area contributed by atoms with Gasteiger partial charge >= 0.3 is 0 Å². The van der Waals surface area contributed by atoms with Crippen LogP contribution in [0.5, 0.6) is 11.5 Å². The van der Waals surface area contributed by atoms with Gasteiger partial charge in [0.25, 0.3) is 0 Å². The first-order valence-electron chi connectivity index (χ1n) is 7.67. The Labute approximate surface area is 132 Å². The third kappa shape index (κ3) is 4.27. The molecule has 1 atom stereocenters. The van der Waals surface area contributed by atoms with Crippen LogP contribution in [0.1, 0.15) is 13.3 Å². The summed E-state index contributed by atoms with van der Waals surface area (Å²) in [5, 5.41) is 3.10. The fraction of sp³-hybridized carbons (Fsp3) is 0.562. The average Bonchev–Trinajstić information content (AvgIpc) is 3.01. The van der Waals surface area contributed by atoms with Gasteiger partial charge in [-0.1, -0.05) is 6.92 Å². The second-order valence-electron chi connectivity index (χ2n) is 5.47. The summed E-state index contributed by atoms with van der Waals surface area (Å²) in [6, 6.07) is 5.57. The van der Waals surface area contributed by atoms with E-state index < -0.39 is 0 Å². The number of ether oxygens (including phenoxy) is 2. The molecule has 1 fully saturated rings. The van der Waals surface area contributed by atoms with Crippen molar-refractivity contribution in [1.82, 2.24) is 4.90 Å². The van der Waals surface area contributed by atoms with Gasteiger partial charge in [0, 0.05) is 24.8 Å². The number of nitrogens with one attached hydrogen (secondary N) is 1. The van der Waals surface area contributed by atoms with Crippen molar-refractivity contribution < 1.29 is 9.47 Å². The largest absolute Gasteiger partial charge is 0.493 e. The maximum atomic E-state index is 5.97. The molecular formula is C16H26N4O2. The number of likely N-dealkylation sites (tertiary alicyclic amines) is 1. The first-order valence-corrected chi connectivity index (χ1v) is 7.67. The van der Waals surface area contributed by atoms with E-state index in [0.29, 0.717) is 23.4 Å². The second-order valence-corrected chi connectivity index (χ2v) is 5.47. The van der Waals surface area contributed by atoms with Gasteiger partial charge in [-0.25, -0.2) is 0 Å². The molecule has 6 nitrogen and oxygen atoms in total. The summed E-state index contributed by atoms with van der Waals surface area (Å²) < 4.78 is 10.5. The van der Waals surface area contributed by atoms with Crippen LogP contribution in [0.25, 0.3) is 0 Å². The van der Waals surface area contributed by atoms with E-state index in [-0.39, 0.29) is 0 Å². The van der Waals surface area contributed by atoms with Gasteiger partial charge in [0.15, 0.2) is 17.5 Å². The Morgan fingerprint density at radius 1 is 1.36 bits per heavy atom. The van der Waals surface area contributed by atoms with Gasteiger partial charge in [-0.15, -0.1) is 0 Å². The number of hydrogen-bond donors (Lipinski definition) is 2. The molecule has 1 aliphatic heterocycles. The summed E-state index contributed by atoms with van der Waals surface area (Å²) in [6.45, 7) is 6.35. The molecule has 0 radical (unpaired) electrons. The molecule has 0 bridgehead atoms. The highest BCUT2D eigenvalue weighted by Gasteiger charge is 2.20. The molecule has 2 rings (SSSR count). The van der Waals surface area contributed by atoms with Crippen molar-refractivity contribution in [2.75, 3.05) is 45.7 Å². The number of nitrogens with two attached hydrogens (primary N) is 1. The maximum Gasteiger partial charge on any atom is 0.193 e. The zero-order chi connectivity index (χ0) is 15.9. The third-order valence-electron chi connectivity index (χ3n) is 3.99. The number of nitrogens with zero attached hydrogens (tertiary/aromatic N) is 2. The van der Waals surface area contributed by atoms with E-state index in [4.69, 9.17) is 15.2 Å². The van der Waals surface area contributed by atoms with Crippen LogP contribution in [0.2, 0.25) is 0 Å². The van der Waals surface area contributed by atoms with E-state index in [9.17, 15) is 0 Å². The van der Waals surface area contributed by atoms with Gasteiger partial charge in [0.1, 0.15) is 0 Å². The molecule has 0 spiro atoms. The van der Waals surface area contributed by atoms with Gasteiger partial charge in [0.2, 0.25) is 0 Å². The van der Waals surface area contributed by atoms with Crippen molar-refractivity contribution in [3.05, 3.63) is 18.2 Å². The third-order valence-corrected chi connectivity index (χ3v) is 3.99.